The maximum atomic E-state index is 10.7. The molecule has 1 aromatic rings. The molecule has 0 aliphatic heterocycles. The van der Waals surface area contributed by atoms with Gasteiger partial charge in [-0.2, -0.15) is 5.26 Å². The number of aromatic nitrogens is 1. The summed E-state index contributed by atoms with van der Waals surface area (Å²) in [6.45, 7) is 2.50. The van der Waals surface area contributed by atoms with Crippen LogP contribution in [-0.2, 0) is 6.54 Å². The zero-order valence-electron chi connectivity index (χ0n) is 7.97. The van der Waals surface area contributed by atoms with Gasteiger partial charge in [0.1, 0.15) is 5.69 Å². The molecule has 0 aromatic carbocycles. The van der Waals surface area contributed by atoms with E-state index in [9.17, 15) is 4.79 Å². The van der Waals surface area contributed by atoms with Gasteiger partial charge in [0.05, 0.1) is 6.07 Å². The van der Waals surface area contributed by atoms with E-state index in [2.05, 4.69) is 6.07 Å². The minimum atomic E-state index is -0.931. The zero-order valence-corrected chi connectivity index (χ0v) is 7.97. The molecule has 0 saturated carbocycles. The van der Waals surface area contributed by atoms with Crippen LogP contribution < -0.4 is 0 Å². The first-order chi connectivity index (χ1) is 6.65. The van der Waals surface area contributed by atoms with Gasteiger partial charge in [0.2, 0.25) is 0 Å². The van der Waals surface area contributed by atoms with Crippen molar-refractivity contribution >= 4 is 5.97 Å². The molecule has 0 radical (unpaired) electrons. The number of hydrogen-bond donors (Lipinski definition) is 1. The molecule has 1 N–H and O–H groups in total. The second kappa shape index (κ2) is 4.47. The molecule has 1 heterocycles. The number of rotatable bonds is 4. The Morgan fingerprint density at radius 2 is 2.50 bits per heavy atom. The Hall–Kier alpha value is -1.76. The third-order valence-corrected chi connectivity index (χ3v) is 2.00. The van der Waals surface area contributed by atoms with Gasteiger partial charge >= 0.3 is 5.97 Å². The van der Waals surface area contributed by atoms with Crippen molar-refractivity contribution in [2.24, 2.45) is 5.92 Å². The van der Waals surface area contributed by atoms with E-state index in [0.717, 1.165) is 0 Å². The number of nitriles is 1. The molecular weight excluding hydrogens is 180 g/mol. The van der Waals surface area contributed by atoms with Crippen molar-refractivity contribution < 1.29 is 9.90 Å². The maximum absolute atomic E-state index is 10.7. The molecule has 1 aromatic heterocycles. The van der Waals surface area contributed by atoms with Gasteiger partial charge in [-0.15, -0.1) is 0 Å². The molecule has 1 rings (SSSR count). The van der Waals surface area contributed by atoms with Crippen LogP contribution in [0.15, 0.2) is 18.3 Å². The van der Waals surface area contributed by atoms with E-state index in [-0.39, 0.29) is 11.6 Å². The minimum absolute atomic E-state index is 0.172. The molecule has 0 fully saturated rings. The van der Waals surface area contributed by atoms with Gasteiger partial charge in [-0.3, -0.25) is 0 Å². The van der Waals surface area contributed by atoms with E-state index in [0.29, 0.717) is 13.0 Å². The predicted octanol–water partition coefficient (Wildman–Crippen LogP) is 1.74. The third kappa shape index (κ3) is 2.36. The Labute approximate surface area is 82.4 Å². The van der Waals surface area contributed by atoms with Crippen molar-refractivity contribution in [1.82, 2.24) is 4.57 Å². The summed E-state index contributed by atoms with van der Waals surface area (Å²) in [5.74, 6) is -0.760. The van der Waals surface area contributed by atoms with Crippen LogP contribution in [0.2, 0.25) is 0 Å². The van der Waals surface area contributed by atoms with Gasteiger partial charge in [-0.05, 0) is 18.1 Å². The zero-order chi connectivity index (χ0) is 10.6. The van der Waals surface area contributed by atoms with Crippen LogP contribution in [0.1, 0.15) is 23.8 Å². The maximum Gasteiger partial charge on any atom is 0.352 e. The lowest BCUT2D eigenvalue weighted by Crippen LogP contribution is -2.12. The summed E-state index contributed by atoms with van der Waals surface area (Å²) in [7, 11) is 0. The lowest BCUT2D eigenvalue weighted by molar-refractivity contribution is 0.0684. The number of carboxylic acid groups (broad SMARTS) is 1. The van der Waals surface area contributed by atoms with E-state index >= 15 is 0 Å². The van der Waals surface area contributed by atoms with Crippen molar-refractivity contribution in [2.45, 2.75) is 19.9 Å². The third-order valence-electron chi connectivity index (χ3n) is 2.00. The average molecular weight is 192 g/mol. The highest BCUT2D eigenvalue weighted by Gasteiger charge is 2.10. The Morgan fingerprint density at radius 1 is 1.79 bits per heavy atom. The van der Waals surface area contributed by atoms with Crippen molar-refractivity contribution in [3.8, 4) is 6.07 Å². The second-order valence-corrected chi connectivity index (χ2v) is 3.32. The molecule has 0 amide bonds. The summed E-state index contributed by atoms with van der Waals surface area (Å²) in [6.07, 6.45) is 2.16. The summed E-state index contributed by atoms with van der Waals surface area (Å²) in [6, 6.07) is 5.32. The lowest BCUT2D eigenvalue weighted by Gasteiger charge is -2.10. The largest absolute Gasteiger partial charge is 0.477 e. The Bertz CT molecular complexity index is 362. The molecule has 4 nitrogen and oxygen atoms in total. The Kier molecular flexibility index (Phi) is 3.29. The molecule has 0 spiro atoms. The summed E-state index contributed by atoms with van der Waals surface area (Å²) in [4.78, 5) is 10.7. The smallest absolute Gasteiger partial charge is 0.352 e. The van der Waals surface area contributed by atoms with Crippen molar-refractivity contribution in [2.75, 3.05) is 0 Å². The van der Waals surface area contributed by atoms with E-state index in [1.807, 2.05) is 6.92 Å². The quantitative estimate of drug-likeness (QED) is 0.790. The topological polar surface area (TPSA) is 66.0 Å². The van der Waals surface area contributed by atoms with Crippen molar-refractivity contribution in [3.05, 3.63) is 24.0 Å². The molecule has 0 aliphatic carbocycles. The van der Waals surface area contributed by atoms with Gasteiger partial charge in [0, 0.05) is 19.2 Å². The molecule has 74 valence electrons. The van der Waals surface area contributed by atoms with Gasteiger partial charge in [-0.1, -0.05) is 6.92 Å². The Balaban J connectivity index is 2.72. The number of nitrogens with zero attached hydrogens (tertiary/aromatic N) is 2. The van der Waals surface area contributed by atoms with Crippen LogP contribution in [-0.4, -0.2) is 15.6 Å². The number of carbonyl (C=O) groups is 1. The van der Waals surface area contributed by atoms with Gasteiger partial charge in [0.25, 0.3) is 0 Å². The first-order valence-corrected chi connectivity index (χ1v) is 4.40. The van der Waals surface area contributed by atoms with Crippen LogP contribution in [0.5, 0.6) is 0 Å². The highest BCUT2D eigenvalue weighted by atomic mass is 16.4. The van der Waals surface area contributed by atoms with E-state index in [1.165, 1.54) is 0 Å². The van der Waals surface area contributed by atoms with Gasteiger partial charge < -0.3 is 9.67 Å². The summed E-state index contributed by atoms with van der Waals surface area (Å²) < 4.78 is 1.66. The standard InChI is InChI=1S/C10H12N2O2/c1-8(4-5-11)7-12-6-2-3-9(12)10(13)14/h2-3,6,8H,4,7H2,1H3,(H,13,14)/t8-/m0/s1. The molecule has 0 saturated heterocycles. The number of hydrogen-bond acceptors (Lipinski definition) is 2. The van der Waals surface area contributed by atoms with Crippen LogP contribution >= 0.6 is 0 Å². The normalized spacial score (nSPS) is 12.0. The van der Waals surface area contributed by atoms with Crippen LogP contribution in [0.4, 0.5) is 0 Å². The fourth-order valence-electron chi connectivity index (χ4n) is 1.32. The van der Waals surface area contributed by atoms with E-state index in [1.54, 1.807) is 22.9 Å². The molecule has 0 unspecified atom stereocenters. The first kappa shape index (κ1) is 10.3. The minimum Gasteiger partial charge on any atom is -0.477 e. The first-order valence-electron chi connectivity index (χ1n) is 4.40. The SMILES string of the molecule is C[C@@H](CC#N)Cn1cccc1C(=O)O. The molecule has 0 bridgehead atoms. The van der Waals surface area contributed by atoms with Crippen LogP contribution in [0.3, 0.4) is 0 Å². The number of aromatic carboxylic acids is 1. The monoisotopic (exact) mass is 192 g/mol. The summed E-state index contributed by atoms with van der Waals surface area (Å²) in [5, 5.41) is 17.3. The van der Waals surface area contributed by atoms with Gasteiger partial charge in [-0.25, -0.2) is 4.79 Å². The van der Waals surface area contributed by atoms with Crippen molar-refractivity contribution in [1.29, 1.82) is 5.26 Å². The Morgan fingerprint density at radius 3 is 3.07 bits per heavy atom. The fraction of sp³-hybridized carbons (Fsp3) is 0.400. The lowest BCUT2D eigenvalue weighted by atomic mass is 10.1. The van der Waals surface area contributed by atoms with Gasteiger partial charge in [0.15, 0.2) is 0 Å². The van der Waals surface area contributed by atoms with E-state index < -0.39 is 5.97 Å². The average Bonchev–Trinajstić information content (AvgIpc) is 2.52. The highest BCUT2D eigenvalue weighted by Crippen LogP contribution is 2.09. The van der Waals surface area contributed by atoms with E-state index in [4.69, 9.17) is 10.4 Å². The van der Waals surface area contributed by atoms with Crippen LogP contribution in [0, 0.1) is 17.2 Å². The predicted molar refractivity (Wildman–Crippen MR) is 50.8 cm³/mol. The van der Waals surface area contributed by atoms with Crippen LogP contribution in [0.25, 0.3) is 0 Å². The van der Waals surface area contributed by atoms with Crippen molar-refractivity contribution in [3.63, 3.8) is 0 Å². The molecule has 4 heteroatoms. The summed E-state index contributed by atoms with van der Waals surface area (Å²) >= 11 is 0. The number of carboxylic acids is 1. The fourth-order valence-corrected chi connectivity index (χ4v) is 1.32. The molecule has 1 atom stereocenters. The molecule has 14 heavy (non-hydrogen) atoms. The second-order valence-electron chi connectivity index (χ2n) is 3.32. The summed E-state index contributed by atoms with van der Waals surface area (Å²) in [5.41, 5.74) is 0.273. The molecular formula is C10H12N2O2. The highest BCUT2D eigenvalue weighted by molar-refractivity contribution is 5.85. The molecule has 0 aliphatic rings.